The molecule has 1 N–H and O–H groups in total. The third kappa shape index (κ3) is 4.34. The van der Waals surface area contributed by atoms with E-state index in [2.05, 4.69) is 22.5 Å². The van der Waals surface area contributed by atoms with Crippen LogP contribution in [0.2, 0.25) is 0 Å². The Hall–Kier alpha value is -1.33. The van der Waals surface area contributed by atoms with E-state index in [1.54, 1.807) is 11.8 Å². The van der Waals surface area contributed by atoms with E-state index < -0.39 is 0 Å². The summed E-state index contributed by atoms with van der Waals surface area (Å²) in [6.45, 7) is 2.34. The molecule has 0 spiro atoms. The lowest BCUT2D eigenvalue weighted by Gasteiger charge is -2.18. The standard InChI is InChI=1S/C17H23N3OS/c21-17(20-9-3-4-10-20)12-19-15-7-6-14(11-15)13-22-16-5-1-2-8-18-16/h1-2,5-8,14-15,19H,3-4,9-13H2/t14-,15+/m1/s1. The van der Waals surface area contributed by atoms with Gasteiger partial charge in [0.05, 0.1) is 11.6 Å². The summed E-state index contributed by atoms with van der Waals surface area (Å²) >= 11 is 1.80. The molecule has 1 aliphatic carbocycles. The quantitative estimate of drug-likeness (QED) is 0.646. The topological polar surface area (TPSA) is 45.2 Å². The number of pyridine rings is 1. The van der Waals surface area contributed by atoms with Crippen LogP contribution in [0, 0.1) is 5.92 Å². The van der Waals surface area contributed by atoms with Crippen molar-refractivity contribution >= 4 is 17.7 Å². The molecule has 3 rings (SSSR count). The molecule has 4 nitrogen and oxygen atoms in total. The van der Waals surface area contributed by atoms with Crippen molar-refractivity contribution in [2.24, 2.45) is 5.92 Å². The van der Waals surface area contributed by atoms with Crippen LogP contribution in [0.1, 0.15) is 19.3 Å². The highest BCUT2D eigenvalue weighted by Crippen LogP contribution is 2.25. The fraction of sp³-hybridized carbons (Fsp3) is 0.529. The van der Waals surface area contributed by atoms with Gasteiger partial charge in [-0.05, 0) is 37.3 Å². The van der Waals surface area contributed by atoms with Gasteiger partial charge < -0.3 is 10.2 Å². The molecule has 2 heterocycles. The van der Waals surface area contributed by atoms with E-state index in [1.807, 2.05) is 29.3 Å². The maximum absolute atomic E-state index is 12.0. The molecule has 2 atom stereocenters. The van der Waals surface area contributed by atoms with Gasteiger partial charge in [-0.1, -0.05) is 18.2 Å². The summed E-state index contributed by atoms with van der Waals surface area (Å²) in [6, 6.07) is 6.35. The highest BCUT2D eigenvalue weighted by Gasteiger charge is 2.22. The summed E-state index contributed by atoms with van der Waals surface area (Å²) in [5.74, 6) is 1.86. The smallest absolute Gasteiger partial charge is 0.236 e. The number of allylic oxidation sites excluding steroid dienone is 1. The molecule has 1 aliphatic heterocycles. The zero-order valence-electron chi connectivity index (χ0n) is 12.8. The first kappa shape index (κ1) is 15.6. The Kier molecular flexibility index (Phi) is 5.51. The Labute approximate surface area is 136 Å². The monoisotopic (exact) mass is 317 g/mol. The average molecular weight is 317 g/mol. The summed E-state index contributed by atoms with van der Waals surface area (Å²) in [5, 5.41) is 4.46. The van der Waals surface area contributed by atoms with Crippen LogP contribution in [-0.4, -0.2) is 47.2 Å². The van der Waals surface area contributed by atoms with Gasteiger partial charge in [0.25, 0.3) is 0 Å². The van der Waals surface area contributed by atoms with E-state index in [9.17, 15) is 4.79 Å². The zero-order chi connectivity index (χ0) is 15.2. The molecule has 2 aliphatic rings. The third-order valence-corrected chi connectivity index (χ3v) is 5.36. The van der Waals surface area contributed by atoms with Crippen molar-refractivity contribution < 1.29 is 4.79 Å². The van der Waals surface area contributed by atoms with E-state index in [1.165, 1.54) is 0 Å². The zero-order valence-corrected chi connectivity index (χ0v) is 13.6. The summed E-state index contributed by atoms with van der Waals surface area (Å²) in [7, 11) is 0. The fourth-order valence-corrected chi connectivity index (χ4v) is 3.91. The Morgan fingerprint density at radius 3 is 2.95 bits per heavy atom. The number of hydrogen-bond acceptors (Lipinski definition) is 4. The number of rotatable bonds is 6. The summed E-state index contributed by atoms with van der Waals surface area (Å²) in [6.07, 6.45) is 9.70. The average Bonchev–Trinajstić information content (AvgIpc) is 3.23. The molecule has 5 heteroatoms. The number of amides is 1. The number of thioether (sulfide) groups is 1. The van der Waals surface area contributed by atoms with Crippen molar-refractivity contribution in [3.05, 3.63) is 36.5 Å². The van der Waals surface area contributed by atoms with Gasteiger partial charge in [-0.15, -0.1) is 11.8 Å². The molecule has 1 aromatic heterocycles. The van der Waals surface area contributed by atoms with Crippen LogP contribution < -0.4 is 5.32 Å². The Morgan fingerprint density at radius 2 is 2.18 bits per heavy atom. The maximum Gasteiger partial charge on any atom is 0.236 e. The van der Waals surface area contributed by atoms with Crippen molar-refractivity contribution in [3.63, 3.8) is 0 Å². The summed E-state index contributed by atoms with van der Waals surface area (Å²) in [5.41, 5.74) is 0. The molecule has 0 aromatic carbocycles. The van der Waals surface area contributed by atoms with E-state index in [4.69, 9.17) is 0 Å². The van der Waals surface area contributed by atoms with Crippen LogP contribution in [0.5, 0.6) is 0 Å². The predicted molar refractivity (Wildman–Crippen MR) is 89.8 cm³/mol. The van der Waals surface area contributed by atoms with Gasteiger partial charge in [0.2, 0.25) is 5.91 Å². The molecule has 118 valence electrons. The Morgan fingerprint density at radius 1 is 1.32 bits per heavy atom. The largest absolute Gasteiger partial charge is 0.342 e. The molecule has 1 saturated heterocycles. The van der Waals surface area contributed by atoms with E-state index in [0.717, 1.165) is 43.1 Å². The second-order valence-electron chi connectivity index (χ2n) is 5.93. The third-order valence-electron chi connectivity index (χ3n) is 4.23. The lowest BCUT2D eigenvalue weighted by atomic mass is 10.1. The van der Waals surface area contributed by atoms with Crippen molar-refractivity contribution in [2.75, 3.05) is 25.4 Å². The minimum absolute atomic E-state index is 0.247. The highest BCUT2D eigenvalue weighted by atomic mass is 32.2. The van der Waals surface area contributed by atoms with Crippen molar-refractivity contribution in [2.45, 2.75) is 30.3 Å². The molecule has 0 bridgehead atoms. The highest BCUT2D eigenvalue weighted by molar-refractivity contribution is 7.99. The van der Waals surface area contributed by atoms with Gasteiger partial charge >= 0.3 is 0 Å². The van der Waals surface area contributed by atoms with Crippen LogP contribution in [-0.2, 0) is 4.79 Å². The predicted octanol–water partition coefficient (Wildman–Crippen LogP) is 2.33. The first-order valence-electron chi connectivity index (χ1n) is 8.04. The number of nitrogens with one attached hydrogen (secondary N) is 1. The number of aromatic nitrogens is 1. The van der Waals surface area contributed by atoms with Gasteiger partial charge in [-0.25, -0.2) is 4.98 Å². The second-order valence-corrected chi connectivity index (χ2v) is 6.98. The Bertz CT molecular complexity index is 514. The molecule has 0 unspecified atom stereocenters. The minimum atomic E-state index is 0.247. The van der Waals surface area contributed by atoms with Gasteiger partial charge in [0.15, 0.2) is 0 Å². The minimum Gasteiger partial charge on any atom is -0.342 e. The van der Waals surface area contributed by atoms with Gasteiger partial charge in [-0.2, -0.15) is 0 Å². The SMILES string of the molecule is O=C(CN[C@H]1C=C[C@@H](CSc2ccccn2)C1)N1CCCC1. The van der Waals surface area contributed by atoms with Crippen LogP contribution in [0.25, 0.3) is 0 Å². The van der Waals surface area contributed by atoms with Crippen LogP contribution in [0.4, 0.5) is 0 Å². The first-order chi connectivity index (χ1) is 10.8. The number of nitrogens with zero attached hydrogens (tertiary/aromatic N) is 2. The lowest BCUT2D eigenvalue weighted by molar-refractivity contribution is -0.129. The van der Waals surface area contributed by atoms with E-state index in [0.29, 0.717) is 18.5 Å². The van der Waals surface area contributed by atoms with Crippen molar-refractivity contribution in [1.82, 2.24) is 15.2 Å². The van der Waals surface area contributed by atoms with Gasteiger partial charge in [0.1, 0.15) is 0 Å². The summed E-state index contributed by atoms with van der Waals surface area (Å²) in [4.78, 5) is 18.3. The molecule has 0 saturated carbocycles. The molecule has 22 heavy (non-hydrogen) atoms. The molecule has 0 radical (unpaired) electrons. The van der Waals surface area contributed by atoms with E-state index >= 15 is 0 Å². The maximum atomic E-state index is 12.0. The summed E-state index contributed by atoms with van der Waals surface area (Å²) < 4.78 is 0. The second kappa shape index (κ2) is 7.79. The van der Waals surface area contributed by atoms with Crippen molar-refractivity contribution in [1.29, 1.82) is 0 Å². The van der Waals surface area contributed by atoms with Crippen molar-refractivity contribution in [3.8, 4) is 0 Å². The number of likely N-dealkylation sites (tertiary alicyclic amines) is 1. The van der Waals surface area contributed by atoms with Gasteiger partial charge in [0, 0.05) is 31.1 Å². The molecular formula is C17H23N3OS. The lowest BCUT2D eigenvalue weighted by Crippen LogP contribution is -2.39. The number of carbonyl (C=O) groups excluding carboxylic acids is 1. The molecule has 1 amide bonds. The fourth-order valence-electron chi connectivity index (χ4n) is 2.97. The normalized spacial score (nSPS) is 24.1. The number of carbonyl (C=O) groups is 1. The van der Waals surface area contributed by atoms with Crippen LogP contribution in [0.3, 0.4) is 0 Å². The van der Waals surface area contributed by atoms with Gasteiger partial charge in [-0.3, -0.25) is 4.79 Å². The van der Waals surface area contributed by atoms with E-state index in [-0.39, 0.29) is 5.91 Å². The van der Waals surface area contributed by atoms with Crippen LogP contribution >= 0.6 is 11.8 Å². The Balaban J connectivity index is 1.35. The molecule has 1 fully saturated rings. The first-order valence-corrected chi connectivity index (χ1v) is 9.03. The van der Waals surface area contributed by atoms with Crippen LogP contribution in [0.15, 0.2) is 41.6 Å². The molecular weight excluding hydrogens is 294 g/mol. The molecule has 1 aromatic rings. The number of hydrogen-bond donors (Lipinski definition) is 1.